The molecule has 0 atom stereocenters. The number of aromatic nitrogens is 1. The molecule has 0 fully saturated rings. The van der Waals surface area contributed by atoms with Gasteiger partial charge >= 0.3 is 0 Å². The van der Waals surface area contributed by atoms with Crippen LogP contribution in [0.5, 0.6) is 0 Å². The van der Waals surface area contributed by atoms with E-state index in [0.717, 1.165) is 5.56 Å². The van der Waals surface area contributed by atoms with Gasteiger partial charge in [-0.1, -0.05) is 49.3 Å². The van der Waals surface area contributed by atoms with Gasteiger partial charge in [-0.15, -0.1) is 0 Å². The molecule has 1 aromatic heterocycles. The van der Waals surface area contributed by atoms with Gasteiger partial charge in [0.1, 0.15) is 0 Å². The summed E-state index contributed by atoms with van der Waals surface area (Å²) < 4.78 is 5.26. The molecule has 0 aliphatic carbocycles. The quantitative estimate of drug-likeness (QED) is 0.824. The van der Waals surface area contributed by atoms with Crippen LogP contribution in [0.4, 0.5) is 0 Å². The van der Waals surface area contributed by atoms with Crippen molar-refractivity contribution >= 4 is 5.91 Å². The smallest absolute Gasteiger partial charge is 0.226 e. The van der Waals surface area contributed by atoms with Crippen LogP contribution in [-0.2, 0) is 11.2 Å². The molecule has 1 aromatic carbocycles. The van der Waals surface area contributed by atoms with Crippen LogP contribution in [0.1, 0.15) is 32.4 Å². The second-order valence-corrected chi connectivity index (χ2v) is 5.43. The van der Waals surface area contributed by atoms with Crippen LogP contribution in [0.2, 0.25) is 0 Å². The summed E-state index contributed by atoms with van der Waals surface area (Å²) in [6.45, 7) is 4.06. The summed E-state index contributed by atoms with van der Waals surface area (Å²) in [6.07, 6.45) is 1.34. The van der Waals surface area contributed by atoms with Gasteiger partial charge in [-0.2, -0.15) is 0 Å². The zero-order valence-corrected chi connectivity index (χ0v) is 13.0. The molecule has 0 aliphatic rings. The molecule has 0 unspecified atom stereocenters. The van der Waals surface area contributed by atoms with Crippen LogP contribution in [0.25, 0.3) is 11.3 Å². The summed E-state index contributed by atoms with van der Waals surface area (Å²) in [5.41, 5.74) is 0.662. The fraction of sp³-hybridized carbons (Fsp3) is 0.412. The zero-order chi connectivity index (χ0) is 16.0. The van der Waals surface area contributed by atoms with E-state index in [2.05, 4.69) is 10.5 Å². The maximum absolute atomic E-state index is 11.9. The molecule has 1 amide bonds. The number of aliphatic hydroxyl groups is 1. The van der Waals surface area contributed by atoms with Gasteiger partial charge in [0.2, 0.25) is 5.91 Å². The molecular formula is C17H22N2O3. The van der Waals surface area contributed by atoms with E-state index in [1.165, 1.54) is 0 Å². The number of hydrogen-bond donors (Lipinski definition) is 2. The van der Waals surface area contributed by atoms with Crippen LogP contribution in [0.15, 0.2) is 40.9 Å². The maximum Gasteiger partial charge on any atom is 0.226 e. The second kappa shape index (κ2) is 7.22. The van der Waals surface area contributed by atoms with E-state index in [1.807, 2.05) is 44.2 Å². The molecule has 0 bridgehead atoms. The largest absolute Gasteiger partial charge is 0.388 e. The van der Waals surface area contributed by atoms with Crippen molar-refractivity contribution in [3.8, 4) is 11.3 Å². The molecule has 5 heteroatoms. The highest BCUT2D eigenvalue weighted by Gasteiger charge is 2.23. The molecule has 5 nitrogen and oxygen atoms in total. The van der Waals surface area contributed by atoms with E-state index in [0.29, 0.717) is 24.3 Å². The summed E-state index contributed by atoms with van der Waals surface area (Å²) in [4.78, 5) is 11.9. The number of carbonyl (C=O) groups is 1. The van der Waals surface area contributed by atoms with Gasteiger partial charge in [-0.05, 0) is 12.8 Å². The van der Waals surface area contributed by atoms with Crippen LogP contribution in [0.3, 0.4) is 0 Å². The Morgan fingerprint density at radius 1 is 1.27 bits per heavy atom. The Morgan fingerprint density at radius 3 is 2.59 bits per heavy atom. The zero-order valence-electron chi connectivity index (χ0n) is 13.0. The van der Waals surface area contributed by atoms with E-state index in [9.17, 15) is 9.90 Å². The molecule has 0 saturated carbocycles. The first-order valence-corrected chi connectivity index (χ1v) is 7.56. The Balaban J connectivity index is 1.92. The number of nitrogens with one attached hydrogen (secondary N) is 1. The van der Waals surface area contributed by atoms with E-state index < -0.39 is 5.60 Å². The van der Waals surface area contributed by atoms with Crippen molar-refractivity contribution in [2.75, 3.05) is 6.54 Å². The highest BCUT2D eigenvalue weighted by atomic mass is 16.5. The van der Waals surface area contributed by atoms with Gasteiger partial charge in [0.15, 0.2) is 5.76 Å². The molecule has 22 heavy (non-hydrogen) atoms. The second-order valence-electron chi connectivity index (χ2n) is 5.43. The monoisotopic (exact) mass is 302 g/mol. The Labute approximate surface area is 130 Å². The van der Waals surface area contributed by atoms with E-state index in [-0.39, 0.29) is 18.9 Å². The summed E-state index contributed by atoms with van der Waals surface area (Å²) in [7, 11) is 0. The Kier molecular flexibility index (Phi) is 5.33. The van der Waals surface area contributed by atoms with Gasteiger partial charge in [-0.3, -0.25) is 4.79 Å². The summed E-state index contributed by atoms with van der Waals surface area (Å²) >= 11 is 0. The van der Waals surface area contributed by atoms with Gasteiger partial charge < -0.3 is 14.9 Å². The fourth-order valence-electron chi connectivity index (χ4n) is 2.12. The van der Waals surface area contributed by atoms with Crippen LogP contribution in [0, 0.1) is 0 Å². The number of nitrogens with zero attached hydrogens (tertiary/aromatic N) is 1. The van der Waals surface area contributed by atoms with Gasteiger partial charge in [0, 0.05) is 18.2 Å². The third kappa shape index (κ3) is 4.18. The van der Waals surface area contributed by atoms with Crippen molar-refractivity contribution in [2.24, 2.45) is 0 Å². The van der Waals surface area contributed by atoms with Crippen LogP contribution >= 0.6 is 0 Å². The minimum absolute atomic E-state index is 0.139. The topological polar surface area (TPSA) is 75.4 Å². The van der Waals surface area contributed by atoms with Crippen LogP contribution in [-0.4, -0.2) is 28.3 Å². The van der Waals surface area contributed by atoms with Crippen molar-refractivity contribution in [3.05, 3.63) is 42.1 Å². The molecular weight excluding hydrogens is 280 g/mol. The van der Waals surface area contributed by atoms with Gasteiger partial charge in [0.05, 0.1) is 17.7 Å². The first kappa shape index (κ1) is 16.2. The molecule has 1 heterocycles. The summed E-state index contributed by atoms with van der Waals surface area (Å²) in [5.74, 6) is 0.468. The minimum Gasteiger partial charge on any atom is -0.388 e. The number of benzene rings is 1. The number of carbonyl (C=O) groups excluding carboxylic acids is 1. The van der Waals surface area contributed by atoms with Crippen molar-refractivity contribution < 1.29 is 14.4 Å². The Hall–Kier alpha value is -2.14. The molecule has 118 valence electrons. The number of hydrogen-bond acceptors (Lipinski definition) is 4. The molecule has 2 N–H and O–H groups in total. The molecule has 0 spiro atoms. The fourth-order valence-corrected chi connectivity index (χ4v) is 2.12. The molecule has 0 saturated heterocycles. The third-order valence-electron chi connectivity index (χ3n) is 3.89. The minimum atomic E-state index is -0.839. The highest BCUT2D eigenvalue weighted by Crippen LogP contribution is 2.20. The lowest BCUT2D eigenvalue weighted by Gasteiger charge is -2.25. The van der Waals surface area contributed by atoms with Gasteiger partial charge in [0.25, 0.3) is 0 Å². The van der Waals surface area contributed by atoms with E-state index >= 15 is 0 Å². The van der Waals surface area contributed by atoms with Crippen molar-refractivity contribution in [2.45, 2.75) is 38.7 Å². The van der Waals surface area contributed by atoms with E-state index in [1.54, 1.807) is 6.07 Å². The SMILES string of the molecule is CCC(O)(CC)CNC(=O)Cc1cc(-c2ccccc2)on1. The Bertz CT molecular complexity index is 603. The van der Waals surface area contributed by atoms with Crippen molar-refractivity contribution in [1.82, 2.24) is 10.5 Å². The highest BCUT2D eigenvalue weighted by molar-refractivity contribution is 5.78. The lowest BCUT2D eigenvalue weighted by Crippen LogP contribution is -2.42. The number of amides is 1. The molecule has 2 aromatic rings. The van der Waals surface area contributed by atoms with E-state index in [4.69, 9.17) is 4.52 Å². The summed E-state index contributed by atoms with van der Waals surface area (Å²) in [6, 6.07) is 11.4. The van der Waals surface area contributed by atoms with Crippen LogP contribution < -0.4 is 5.32 Å². The lowest BCUT2D eigenvalue weighted by molar-refractivity contribution is -0.121. The predicted octanol–water partition coefficient (Wildman–Crippen LogP) is 2.55. The summed E-state index contributed by atoms with van der Waals surface area (Å²) in [5, 5.41) is 16.8. The van der Waals surface area contributed by atoms with Crippen molar-refractivity contribution in [3.63, 3.8) is 0 Å². The normalized spacial score (nSPS) is 11.4. The number of rotatable bonds is 7. The third-order valence-corrected chi connectivity index (χ3v) is 3.89. The first-order chi connectivity index (χ1) is 10.6. The average molecular weight is 302 g/mol. The standard InChI is InChI=1S/C17H22N2O3/c1-3-17(21,4-2)12-18-16(20)11-14-10-15(22-19-14)13-8-6-5-7-9-13/h5-10,21H,3-4,11-12H2,1-2H3,(H,18,20). The average Bonchev–Trinajstić information content (AvgIpc) is 3.02. The van der Waals surface area contributed by atoms with Gasteiger partial charge in [-0.25, -0.2) is 0 Å². The maximum atomic E-state index is 11.9. The Morgan fingerprint density at radius 2 is 1.95 bits per heavy atom. The molecule has 0 radical (unpaired) electrons. The van der Waals surface area contributed by atoms with Crippen molar-refractivity contribution in [1.29, 1.82) is 0 Å². The lowest BCUT2D eigenvalue weighted by atomic mass is 9.97. The first-order valence-electron chi connectivity index (χ1n) is 7.56. The molecule has 2 rings (SSSR count). The molecule has 0 aliphatic heterocycles. The predicted molar refractivity (Wildman–Crippen MR) is 84.2 cm³/mol.